The normalized spacial score (nSPS) is 19.1. The predicted octanol–water partition coefficient (Wildman–Crippen LogP) is 1.85. The third kappa shape index (κ3) is 4.94. The molecule has 0 bridgehead atoms. The van der Waals surface area contributed by atoms with E-state index in [-0.39, 0.29) is 29.1 Å². The molecular formula is C20H26N4O4S. The number of hydrazine groups is 1. The maximum atomic E-state index is 12.6. The van der Waals surface area contributed by atoms with Crippen LogP contribution in [0.5, 0.6) is 5.75 Å². The van der Waals surface area contributed by atoms with Gasteiger partial charge < -0.3 is 10.1 Å². The van der Waals surface area contributed by atoms with Crippen molar-refractivity contribution in [2.75, 3.05) is 19.0 Å². The van der Waals surface area contributed by atoms with E-state index in [2.05, 4.69) is 20.9 Å². The molecule has 2 aromatic carbocycles. The summed E-state index contributed by atoms with van der Waals surface area (Å²) in [5.41, 5.74) is 8.63. The largest absolute Gasteiger partial charge is 0.495 e. The van der Waals surface area contributed by atoms with Gasteiger partial charge >= 0.3 is 0 Å². The molecule has 3 rings (SSSR count). The molecule has 1 aliphatic heterocycles. The van der Waals surface area contributed by atoms with Gasteiger partial charge in [0.25, 0.3) is 0 Å². The van der Waals surface area contributed by atoms with Gasteiger partial charge in [-0.25, -0.2) is 24.0 Å². The van der Waals surface area contributed by atoms with Crippen molar-refractivity contribution in [2.24, 2.45) is 0 Å². The molecule has 1 heterocycles. The summed E-state index contributed by atoms with van der Waals surface area (Å²) in [4.78, 5) is 12.7. The molecular weight excluding hydrogens is 392 g/mol. The van der Waals surface area contributed by atoms with Crippen molar-refractivity contribution in [2.45, 2.75) is 37.2 Å². The smallest absolute Gasteiger partial charge is 0.244 e. The van der Waals surface area contributed by atoms with Gasteiger partial charge in [0, 0.05) is 18.3 Å². The van der Waals surface area contributed by atoms with Gasteiger partial charge in [-0.3, -0.25) is 4.79 Å². The molecule has 0 aliphatic carbocycles. The van der Waals surface area contributed by atoms with Gasteiger partial charge in [0.1, 0.15) is 16.7 Å². The van der Waals surface area contributed by atoms with Crippen LogP contribution in [0.25, 0.3) is 0 Å². The molecule has 2 unspecified atom stereocenters. The number of aryl methyl sites for hydroxylation is 1. The van der Waals surface area contributed by atoms with Gasteiger partial charge in [-0.2, -0.15) is 0 Å². The minimum absolute atomic E-state index is 0.0776. The number of carbonyl (C=O) groups is 1. The zero-order chi connectivity index (χ0) is 21.0. The molecule has 4 N–H and O–H groups in total. The number of hydrogen-bond donors (Lipinski definition) is 4. The molecule has 156 valence electrons. The number of carbonyl (C=O) groups excluding carboxylic acids is 1. The van der Waals surface area contributed by atoms with Crippen molar-refractivity contribution in [3.8, 4) is 5.75 Å². The third-order valence-corrected chi connectivity index (χ3v) is 6.29. The van der Waals surface area contributed by atoms with E-state index >= 15 is 0 Å². The van der Waals surface area contributed by atoms with Crippen molar-refractivity contribution in [1.29, 1.82) is 0 Å². The van der Waals surface area contributed by atoms with E-state index in [9.17, 15) is 13.2 Å². The summed E-state index contributed by atoms with van der Waals surface area (Å²) >= 11 is 0. The van der Waals surface area contributed by atoms with E-state index < -0.39 is 16.1 Å². The second-order valence-electron chi connectivity index (χ2n) is 6.90. The number of rotatable bonds is 7. The van der Waals surface area contributed by atoms with E-state index in [1.165, 1.54) is 7.11 Å². The highest BCUT2D eigenvalue weighted by Crippen LogP contribution is 2.30. The molecule has 0 saturated carbocycles. The van der Waals surface area contributed by atoms with Crippen LogP contribution in [0.4, 0.5) is 5.69 Å². The van der Waals surface area contributed by atoms with Crippen LogP contribution < -0.4 is 25.6 Å². The molecule has 0 spiro atoms. The van der Waals surface area contributed by atoms with Gasteiger partial charge in [0.05, 0.1) is 7.11 Å². The van der Waals surface area contributed by atoms with Crippen molar-refractivity contribution in [1.82, 2.24) is 15.6 Å². The average molecular weight is 419 g/mol. The molecule has 1 saturated heterocycles. The number of hydrogen-bond acceptors (Lipinski definition) is 6. The molecule has 2 atom stereocenters. The molecule has 29 heavy (non-hydrogen) atoms. The number of sulfonamides is 1. The summed E-state index contributed by atoms with van der Waals surface area (Å²) in [6.07, 6.45) is 0.477. The Kier molecular flexibility index (Phi) is 6.53. The average Bonchev–Trinajstić information content (AvgIpc) is 3.18. The first kappa shape index (κ1) is 21.3. The van der Waals surface area contributed by atoms with Gasteiger partial charge in [0.15, 0.2) is 0 Å². The first-order valence-electron chi connectivity index (χ1n) is 9.40. The van der Waals surface area contributed by atoms with Crippen LogP contribution >= 0.6 is 0 Å². The number of methoxy groups -OCH3 is 1. The van der Waals surface area contributed by atoms with Crippen LogP contribution in [0.2, 0.25) is 0 Å². The molecule has 1 amide bonds. The van der Waals surface area contributed by atoms with E-state index in [0.717, 1.165) is 16.8 Å². The van der Waals surface area contributed by atoms with E-state index in [0.29, 0.717) is 6.42 Å². The lowest BCUT2D eigenvalue weighted by atomic mass is 10.0. The Morgan fingerprint density at radius 2 is 2.00 bits per heavy atom. The Morgan fingerprint density at radius 3 is 2.69 bits per heavy atom. The second kappa shape index (κ2) is 8.91. The minimum Gasteiger partial charge on any atom is -0.495 e. The first-order chi connectivity index (χ1) is 13.8. The van der Waals surface area contributed by atoms with Crippen molar-refractivity contribution < 1.29 is 17.9 Å². The zero-order valence-electron chi connectivity index (χ0n) is 16.7. The lowest BCUT2D eigenvalue weighted by molar-refractivity contribution is -0.117. The van der Waals surface area contributed by atoms with Crippen LogP contribution in [0.3, 0.4) is 0 Å². The van der Waals surface area contributed by atoms with Crippen LogP contribution in [0, 0.1) is 6.92 Å². The van der Waals surface area contributed by atoms with E-state index in [4.69, 9.17) is 4.74 Å². The van der Waals surface area contributed by atoms with E-state index in [1.807, 2.05) is 31.2 Å². The fraction of sp³-hybridized carbons (Fsp3) is 0.350. The third-order valence-electron chi connectivity index (χ3n) is 4.72. The number of nitrogens with one attached hydrogen (secondary N) is 4. The van der Waals surface area contributed by atoms with Gasteiger partial charge in [-0.05, 0) is 48.7 Å². The lowest BCUT2D eigenvalue weighted by Gasteiger charge is -2.15. The lowest BCUT2D eigenvalue weighted by Crippen LogP contribution is -2.39. The van der Waals surface area contributed by atoms with Crippen molar-refractivity contribution in [3.63, 3.8) is 0 Å². The summed E-state index contributed by atoms with van der Waals surface area (Å²) in [6, 6.07) is 11.9. The van der Waals surface area contributed by atoms with Crippen LogP contribution in [0.15, 0.2) is 47.4 Å². The van der Waals surface area contributed by atoms with Gasteiger partial charge in [-0.1, -0.05) is 25.1 Å². The van der Waals surface area contributed by atoms with Crippen molar-refractivity contribution in [3.05, 3.63) is 53.6 Å². The molecule has 0 aromatic heterocycles. The van der Waals surface area contributed by atoms with Gasteiger partial charge in [-0.15, -0.1) is 0 Å². The quantitative estimate of drug-likeness (QED) is 0.547. The van der Waals surface area contributed by atoms with Crippen LogP contribution in [0.1, 0.15) is 30.5 Å². The predicted molar refractivity (Wildman–Crippen MR) is 111 cm³/mol. The number of amides is 1. The Morgan fingerprint density at radius 1 is 1.21 bits per heavy atom. The number of benzene rings is 2. The molecule has 1 aliphatic rings. The molecule has 8 nitrogen and oxygen atoms in total. The first-order valence-corrected chi connectivity index (χ1v) is 10.9. The Bertz CT molecular complexity index is 994. The highest BCUT2D eigenvalue weighted by molar-refractivity contribution is 7.89. The molecule has 9 heteroatoms. The van der Waals surface area contributed by atoms with Gasteiger partial charge in [0.2, 0.25) is 15.9 Å². The Labute approximate surface area is 171 Å². The van der Waals surface area contributed by atoms with Crippen LogP contribution in [-0.2, 0) is 14.8 Å². The highest BCUT2D eigenvalue weighted by Gasteiger charge is 2.31. The van der Waals surface area contributed by atoms with Crippen molar-refractivity contribution >= 4 is 21.6 Å². The Balaban J connectivity index is 1.75. The summed E-state index contributed by atoms with van der Waals surface area (Å²) in [5.74, 6) is 0.119. The SMILES string of the molecule is CCNS(=O)(=O)c1cc(C2CC(C(=O)Nc3cccc(C)c3)NN2)ccc1OC. The Hall–Kier alpha value is -2.46. The fourth-order valence-corrected chi connectivity index (χ4v) is 4.53. The monoisotopic (exact) mass is 418 g/mol. The molecule has 0 radical (unpaired) electrons. The standard InChI is InChI=1S/C20H26N4O4S/c1-4-21-29(26,27)19-11-14(8-9-18(19)28-3)16-12-17(24-23-16)20(25)22-15-7-5-6-13(2)10-15/h5-11,16-17,21,23-24H,4,12H2,1-3H3,(H,22,25). The number of ether oxygens (including phenoxy) is 1. The summed E-state index contributed by atoms with van der Waals surface area (Å²) in [6.45, 7) is 3.96. The molecule has 1 fully saturated rings. The van der Waals surface area contributed by atoms with E-state index in [1.54, 1.807) is 25.1 Å². The topological polar surface area (TPSA) is 109 Å². The minimum atomic E-state index is -3.68. The highest BCUT2D eigenvalue weighted by atomic mass is 32.2. The summed E-state index contributed by atoms with van der Waals surface area (Å²) in [5, 5.41) is 2.90. The second-order valence-corrected chi connectivity index (χ2v) is 8.64. The summed E-state index contributed by atoms with van der Waals surface area (Å²) < 4.78 is 32.7. The van der Waals surface area contributed by atoms with Crippen LogP contribution in [-0.4, -0.2) is 34.0 Å². The fourth-order valence-electron chi connectivity index (χ4n) is 3.29. The maximum absolute atomic E-state index is 12.6. The maximum Gasteiger partial charge on any atom is 0.244 e. The molecule has 2 aromatic rings. The summed E-state index contributed by atoms with van der Waals surface area (Å²) in [7, 11) is -2.25. The zero-order valence-corrected chi connectivity index (χ0v) is 17.5. The number of anilines is 1.